The number of fused-ring (bicyclic) bond motifs is 1. The van der Waals surface area contributed by atoms with Gasteiger partial charge in [0.15, 0.2) is 11.5 Å². The first-order valence-electron chi connectivity index (χ1n) is 5.89. The van der Waals surface area contributed by atoms with Crippen LogP contribution in [0.5, 0.6) is 11.5 Å². The van der Waals surface area contributed by atoms with Crippen LogP contribution in [0.25, 0.3) is 0 Å². The molecule has 3 nitrogen and oxygen atoms in total. The fraction of sp³-hybridized carbons (Fsp3) is 0.429. The molecule has 1 N–H and O–H groups in total. The van der Waals surface area contributed by atoms with Crippen molar-refractivity contribution < 1.29 is 9.47 Å². The first-order chi connectivity index (χ1) is 8.33. The summed E-state index contributed by atoms with van der Waals surface area (Å²) in [6, 6.07) is 6.38. The van der Waals surface area contributed by atoms with Crippen molar-refractivity contribution in [3.8, 4) is 23.8 Å². The van der Waals surface area contributed by atoms with E-state index >= 15 is 0 Å². The monoisotopic (exact) mass is 231 g/mol. The number of nitrogens with one attached hydrogen (secondary N) is 1. The van der Waals surface area contributed by atoms with E-state index < -0.39 is 0 Å². The van der Waals surface area contributed by atoms with Gasteiger partial charge in [-0.15, -0.1) is 12.3 Å². The largest absolute Gasteiger partial charge is 0.454 e. The van der Waals surface area contributed by atoms with Crippen LogP contribution in [0.3, 0.4) is 0 Å². The predicted octanol–water partition coefficient (Wildman–Crippen LogP) is 2.31. The smallest absolute Gasteiger partial charge is 0.231 e. The van der Waals surface area contributed by atoms with Crippen molar-refractivity contribution >= 4 is 0 Å². The lowest BCUT2D eigenvalue weighted by atomic mass is 10.1. The zero-order chi connectivity index (χ0) is 12.1. The number of rotatable bonds is 5. The molecule has 0 aliphatic carbocycles. The van der Waals surface area contributed by atoms with E-state index in [1.807, 2.05) is 18.2 Å². The number of terminal acetylenes is 1. The number of ether oxygens (including phenoxy) is 2. The molecular formula is C14H17NO2. The average Bonchev–Trinajstić information content (AvgIpc) is 2.81. The highest BCUT2D eigenvalue weighted by molar-refractivity contribution is 5.44. The molecule has 1 aromatic rings. The van der Waals surface area contributed by atoms with Gasteiger partial charge in [-0.25, -0.2) is 0 Å². The van der Waals surface area contributed by atoms with E-state index in [0.717, 1.165) is 30.9 Å². The van der Waals surface area contributed by atoms with Crippen LogP contribution in [0, 0.1) is 12.3 Å². The molecule has 0 saturated carbocycles. The summed E-state index contributed by atoms with van der Waals surface area (Å²) in [4.78, 5) is 0. The molecule has 1 heterocycles. The van der Waals surface area contributed by atoms with E-state index in [-0.39, 0.29) is 0 Å². The Bertz CT molecular complexity index is 423. The van der Waals surface area contributed by atoms with Crippen LogP contribution in [0.1, 0.15) is 25.3 Å². The molecule has 0 aromatic heterocycles. The minimum Gasteiger partial charge on any atom is -0.454 e. The van der Waals surface area contributed by atoms with Gasteiger partial charge in [0.2, 0.25) is 6.79 Å². The maximum atomic E-state index is 5.34. The number of hydrogen-bond donors (Lipinski definition) is 1. The molecule has 0 bridgehead atoms. The van der Waals surface area contributed by atoms with Crippen molar-refractivity contribution in [2.45, 2.75) is 32.4 Å². The highest BCUT2D eigenvalue weighted by Crippen LogP contribution is 2.32. The molecule has 3 heteroatoms. The topological polar surface area (TPSA) is 30.5 Å². The Hall–Kier alpha value is -1.66. The summed E-state index contributed by atoms with van der Waals surface area (Å²) in [6.07, 6.45) is 7.12. The molecule has 1 aromatic carbocycles. The number of hydrogen-bond acceptors (Lipinski definition) is 3. The second-order valence-corrected chi connectivity index (χ2v) is 4.08. The Labute approximate surface area is 102 Å². The molecular weight excluding hydrogens is 214 g/mol. The van der Waals surface area contributed by atoms with Gasteiger partial charge in [0.25, 0.3) is 0 Å². The van der Waals surface area contributed by atoms with Gasteiger partial charge < -0.3 is 14.8 Å². The van der Waals surface area contributed by atoms with Crippen LogP contribution < -0.4 is 14.8 Å². The van der Waals surface area contributed by atoms with Gasteiger partial charge in [-0.1, -0.05) is 13.0 Å². The van der Waals surface area contributed by atoms with Crippen LogP contribution in [0.4, 0.5) is 0 Å². The van der Waals surface area contributed by atoms with E-state index in [1.54, 1.807) is 0 Å². The van der Waals surface area contributed by atoms with Crippen LogP contribution in [-0.2, 0) is 6.54 Å². The zero-order valence-corrected chi connectivity index (χ0v) is 10.0. The normalized spacial score (nSPS) is 14.4. The predicted molar refractivity (Wildman–Crippen MR) is 66.9 cm³/mol. The summed E-state index contributed by atoms with van der Waals surface area (Å²) in [6.45, 7) is 3.26. The van der Waals surface area contributed by atoms with Crippen LogP contribution in [-0.4, -0.2) is 12.8 Å². The van der Waals surface area contributed by atoms with E-state index in [4.69, 9.17) is 15.9 Å². The fourth-order valence-electron chi connectivity index (χ4n) is 1.82. The highest BCUT2D eigenvalue weighted by atomic mass is 16.7. The Morgan fingerprint density at radius 2 is 2.24 bits per heavy atom. The molecule has 90 valence electrons. The van der Waals surface area contributed by atoms with Crippen molar-refractivity contribution in [3.05, 3.63) is 23.8 Å². The summed E-state index contributed by atoms with van der Waals surface area (Å²) < 4.78 is 10.6. The van der Waals surface area contributed by atoms with Crippen molar-refractivity contribution in [2.75, 3.05) is 6.79 Å². The first kappa shape index (κ1) is 11.8. The third kappa shape index (κ3) is 2.92. The van der Waals surface area contributed by atoms with E-state index in [9.17, 15) is 0 Å². The van der Waals surface area contributed by atoms with Gasteiger partial charge in [-0.3, -0.25) is 0 Å². The summed E-state index contributed by atoms with van der Waals surface area (Å²) >= 11 is 0. The van der Waals surface area contributed by atoms with Crippen molar-refractivity contribution in [1.82, 2.24) is 5.32 Å². The SMILES string of the molecule is C#CCC(CC)NCc1ccc2c(c1)OCO2. The van der Waals surface area contributed by atoms with Gasteiger partial charge in [-0.05, 0) is 24.1 Å². The summed E-state index contributed by atoms with van der Waals surface area (Å²) in [7, 11) is 0. The Balaban J connectivity index is 1.93. The minimum absolute atomic E-state index is 0.320. The minimum atomic E-state index is 0.320. The van der Waals surface area contributed by atoms with Crippen molar-refractivity contribution in [1.29, 1.82) is 0 Å². The molecule has 1 atom stereocenters. The zero-order valence-electron chi connectivity index (χ0n) is 10.0. The second kappa shape index (κ2) is 5.60. The molecule has 1 aliphatic heterocycles. The van der Waals surface area contributed by atoms with Gasteiger partial charge in [0.1, 0.15) is 0 Å². The van der Waals surface area contributed by atoms with E-state index in [0.29, 0.717) is 12.8 Å². The summed E-state index contributed by atoms with van der Waals surface area (Å²) in [5.74, 6) is 4.34. The van der Waals surface area contributed by atoms with Crippen LogP contribution >= 0.6 is 0 Å². The van der Waals surface area contributed by atoms with Gasteiger partial charge >= 0.3 is 0 Å². The Kier molecular flexibility index (Phi) is 3.89. The fourth-order valence-corrected chi connectivity index (χ4v) is 1.82. The molecule has 17 heavy (non-hydrogen) atoms. The van der Waals surface area contributed by atoms with Gasteiger partial charge in [0.05, 0.1) is 0 Å². The third-order valence-electron chi connectivity index (χ3n) is 2.89. The highest BCUT2D eigenvalue weighted by Gasteiger charge is 2.13. The lowest BCUT2D eigenvalue weighted by Gasteiger charge is -2.14. The lowest BCUT2D eigenvalue weighted by Crippen LogP contribution is -2.27. The van der Waals surface area contributed by atoms with Crippen LogP contribution in [0.15, 0.2) is 18.2 Å². The first-order valence-corrected chi connectivity index (χ1v) is 5.89. The second-order valence-electron chi connectivity index (χ2n) is 4.08. The van der Waals surface area contributed by atoms with Crippen molar-refractivity contribution in [3.63, 3.8) is 0 Å². The maximum absolute atomic E-state index is 5.34. The summed E-state index contributed by atoms with van der Waals surface area (Å²) in [5, 5.41) is 3.44. The molecule has 0 fully saturated rings. The Morgan fingerprint density at radius 3 is 3.00 bits per heavy atom. The van der Waals surface area contributed by atoms with Gasteiger partial charge in [0, 0.05) is 19.0 Å². The molecule has 0 spiro atoms. The molecule has 0 saturated heterocycles. The van der Waals surface area contributed by atoms with Crippen molar-refractivity contribution in [2.24, 2.45) is 0 Å². The molecule has 0 radical (unpaired) electrons. The number of benzene rings is 1. The molecule has 2 rings (SSSR count). The standard InChI is InChI=1S/C14H17NO2/c1-3-5-12(4-2)15-9-11-6-7-13-14(8-11)17-10-16-13/h1,6-8,12,15H,4-5,9-10H2,2H3. The van der Waals surface area contributed by atoms with Gasteiger partial charge in [-0.2, -0.15) is 0 Å². The van der Waals surface area contributed by atoms with Crippen LogP contribution in [0.2, 0.25) is 0 Å². The molecule has 0 amide bonds. The van der Waals surface area contributed by atoms with E-state index in [2.05, 4.69) is 18.2 Å². The average molecular weight is 231 g/mol. The Morgan fingerprint density at radius 1 is 1.41 bits per heavy atom. The lowest BCUT2D eigenvalue weighted by molar-refractivity contribution is 0.174. The summed E-state index contributed by atoms with van der Waals surface area (Å²) in [5.41, 5.74) is 1.18. The van der Waals surface area contributed by atoms with E-state index in [1.165, 1.54) is 5.56 Å². The molecule has 1 aliphatic rings. The molecule has 1 unspecified atom stereocenters. The maximum Gasteiger partial charge on any atom is 0.231 e. The third-order valence-corrected chi connectivity index (χ3v) is 2.89. The quantitative estimate of drug-likeness (QED) is 0.789.